The van der Waals surface area contributed by atoms with Crippen molar-refractivity contribution < 1.29 is 9.50 Å². The van der Waals surface area contributed by atoms with E-state index in [4.69, 9.17) is 0 Å². The first-order chi connectivity index (χ1) is 13.7. The number of nitrogens with zero attached hydrogens (tertiary/aromatic N) is 4. The monoisotopic (exact) mass is 379 g/mol. The Hall–Kier alpha value is -3.06. The van der Waals surface area contributed by atoms with Crippen molar-refractivity contribution in [3.8, 4) is 0 Å². The number of aromatic nitrogens is 3. The first kappa shape index (κ1) is 18.3. The van der Waals surface area contributed by atoms with Crippen molar-refractivity contribution >= 4 is 11.6 Å². The maximum Gasteiger partial charge on any atom is 0.134 e. The lowest BCUT2D eigenvalue weighted by Gasteiger charge is -2.25. The number of halogens is 1. The Labute approximate surface area is 163 Å². The fraction of sp³-hybridized carbons (Fsp3) is 0.286. The van der Waals surface area contributed by atoms with Gasteiger partial charge in [0, 0.05) is 18.8 Å². The summed E-state index contributed by atoms with van der Waals surface area (Å²) in [7, 11) is 0. The summed E-state index contributed by atoms with van der Waals surface area (Å²) in [5.41, 5.74) is 1.52. The minimum Gasteiger partial charge on any atom is -0.394 e. The van der Waals surface area contributed by atoms with E-state index in [0.717, 1.165) is 36.5 Å². The van der Waals surface area contributed by atoms with Gasteiger partial charge in [-0.25, -0.2) is 14.4 Å². The highest BCUT2D eigenvalue weighted by Gasteiger charge is 2.25. The van der Waals surface area contributed by atoms with Gasteiger partial charge in [-0.1, -0.05) is 18.2 Å². The van der Waals surface area contributed by atoms with Crippen LogP contribution in [-0.4, -0.2) is 39.3 Å². The van der Waals surface area contributed by atoms with Crippen LogP contribution in [0.4, 0.5) is 16.0 Å². The molecule has 1 fully saturated rings. The topological polar surface area (TPSA) is 74.2 Å². The molecule has 1 aromatic carbocycles. The first-order valence-electron chi connectivity index (χ1n) is 9.37. The van der Waals surface area contributed by atoms with Gasteiger partial charge >= 0.3 is 0 Å². The number of benzene rings is 1. The summed E-state index contributed by atoms with van der Waals surface area (Å²) in [6, 6.07) is 13.7. The largest absolute Gasteiger partial charge is 0.394 e. The zero-order chi connectivity index (χ0) is 19.3. The fourth-order valence-corrected chi connectivity index (χ4v) is 3.62. The lowest BCUT2D eigenvalue weighted by Crippen LogP contribution is -2.32. The maximum absolute atomic E-state index is 13.8. The van der Waals surface area contributed by atoms with Gasteiger partial charge in [-0.2, -0.15) is 0 Å². The van der Waals surface area contributed by atoms with Gasteiger partial charge in [0.05, 0.1) is 24.4 Å². The summed E-state index contributed by atoms with van der Waals surface area (Å²) in [5, 5.41) is 13.0. The second-order valence-electron chi connectivity index (χ2n) is 6.82. The SMILES string of the molecule is OCC1CCCN1c1cc(NC(c2cccc(F)c2)c2ccccn2)ncn1. The molecule has 3 heterocycles. The van der Waals surface area contributed by atoms with Crippen LogP contribution in [0.15, 0.2) is 61.1 Å². The summed E-state index contributed by atoms with van der Waals surface area (Å²) in [5.74, 6) is 1.09. The van der Waals surface area contributed by atoms with Gasteiger partial charge < -0.3 is 15.3 Å². The third-order valence-electron chi connectivity index (χ3n) is 4.99. The molecule has 4 rings (SSSR count). The quantitative estimate of drug-likeness (QED) is 0.685. The van der Waals surface area contributed by atoms with Crippen LogP contribution in [0.25, 0.3) is 0 Å². The number of pyridine rings is 1. The van der Waals surface area contributed by atoms with Crippen molar-refractivity contribution in [3.05, 3.63) is 78.1 Å². The molecule has 0 aliphatic carbocycles. The van der Waals surface area contributed by atoms with Crippen molar-refractivity contribution in [1.29, 1.82) is 0 Å². The van der Waals surface area contributed by atoms with E-state index >= 15 is 0 Å². The summed E-state index contributed by atoms with van der Waals surface area (Å²) in [4.78, 5) is 15.3. The molecule has 1 aliphatic heterocycles. The third kappa shape index (κ3) is 3.94. The van der Waals surface area contributed by atoms with Crippen LogP contribution in [0, 0.1) is 5.82 Å². The molecule has 0 radical (unpaired) electrons. The molecule has 1 aliphatic rings. The molecular formula is C21H22FN5O. The van der Waals surface area contributed by atoms with Gasteiger partial charge in [0.25, 0.3) is 0 Å². The van der Waals surface area contributed by atoms with E-state index < -0.39 is 0 Å². The Morgan fingerprint density at radius 2 is 2.07 bits per heavy atom. The smallest absolute Gasteiger partial charge is 0.134 e. The van der Waals surface area contributed by atoms with E-state index in [1.165, 1.54) is 18.5 Å². The normalized spacial score (nSPS) is 17.5. The summed E-state index contributed by atoms with van der Waals surface area (Å²) in [6.07, 6.45) is 5.19. The number of nitrogens with one attached hydrogen (secondary N) is 1. The van der Waals surface area contributed by atoms with E-state index in [0.29, 0.717) is 5.82 Å². The lowest BCUT2D eigenvalue weighted by molar-refractivity contribution is 0.266. The Kier molecular flexibility index (Phi) is 5.43. The van der Waals surface area contributed by atoms with Crippen molar-refractivity contribution in [3.63, 3.8) is 0 Å². The van der Waals surface area contributed by atoms with Crippen LogP contribution in [0.2, 0.25) is 0 Å². The van der Waals surface area contributed by atoms with Gasteiger partial charge in [0.2, 0.25) is 0 Å². The number of anilines is 2. The van der Waals surface area contributed by atoms with Gasteiger partial charge in [0.1, 0.15) is 23.8 Å². The molecule has 2 N–H and O–H groups in total. The minimum absolute atomic E-state index is 0.0811. The molecule has 0 bridgehead atoms. The summed E-state index contributed by atoms with van der Waals surface area (Å²) >= 11 is 0. The zero-order valence-electron chi connectivity index (χ0n) is 15.4. The lowest BCUT2D eigenvalue weighted by atomic mass is 10.0. The van der Waals surface area contributed by atoms with Crippen molar-refractivity contribution in [2.45, 2.75) is 24.9 Å². The van der Waals surface area contributed by atoms with Crippen LogP contribution < -0.4 is 10.2 Å². The highest BCUT2D eigenvalue weighted by atomic mass is 19.1. The molecule has 144 valence electrons. The molecule has 2 atom stereocenters. The number of aliphatic hydroxyl groups excluding tert-OH is 1. The second-order valence-corrected chi connectivity index (χ2v) is 6.82. The highest BCUT2D eigenvalue weighted by molar-refractivity contribution is 5.52. The molecular weight excluding hydrogens is 357 g/mol. The van der Waals surface area contributed by atoms with Crippen molar-refractivity contribution in [1.82, 2.24) is 15.0 Å². The van der Waals surface area contributed by atoms with Gasteiger partial charge in [0.15, 0.2) is 0 Å². The Morgan fingerprint density at radius 3 is 2.86 bits per heavy atom. The molecule has 2 unspecified atom stereocenters. The molecule has 28 heavy (non-hydrogen) atoms. The maximum atomic E-state index is 13.8. The predicted octanol–water partition coefficient (Wildman–Crippen LogP) is 3.17. The van der Waals surface area contributed by atoms with Gasteiger partial charge in [-0.3, -0.25) is 4.98 Å². The second kappa shape index (κ2) is 8.31. The molecule has 0 amide bonds. The standard InChI is InChI=1S/C21H22FN5O/c22-16-6-3-5-15(11-16)21(18-8-1-2-9-23-18)26-19-12-20(25-14-24-19)27-10-4-7-17(27)13-28/h1-3,5-6,8-9,11-12,14,17,21,28H,4,7,10,13H2,(H,24,25,26). The van der Waals surface area contributed by atoms with Crippen molar-refractivity contribution in [2.75, 3.05) is 23.4 Å². The zero-order valence-corrected chi connectivity index (χ0v) is 15.4. The average Bonchev–Trinajstić information content (AvgIpc) is 3.22. The number of aliphatic hydroxyl groups is 1. The van der Waals surface area contributed by atoms with Crippen LogP contribution in [0.3, 0.4) is 0 Å². The van der Waals surface area contributed by atoms with Gasteiger partial charge in [-0.15, -0.1) is 0 Å². The average molecular weight is 379 g/mol. The van der Waals surface area contributed by atoms with Crippen molar-refractivity contribution in [2.24, 2.45) is 0 Å². The Morgan fingerprint density at radius 1 is 1.14 bits per heavy atom. The summed E-state index contributed by atoms with van der Waals surface area (Å²) in [6.45, 7) is 0.960. The number of hydrogen-bond acceptors (Lipinski definition) is 6. The highest BCUT2D eigenvalue weighted by Crippen LogP contribution is 2.28. The molecule has 3 aromatic rings. The molecule has 7 heteroatoms. The molecule has 1 saturated heterocycles. The minimum atomic E-state index is -0.355. The van der Waals surface area contributed by atoms with E-state index in [2.05, 4.69) is 25.2 Å². The van der Waals surface area contributed by atoms with E-state index in [1.807, 2.05) is 30.3 Å². The molecule has 0 spiro atoms. The Bertz CT molecular complexity index is 923. The van der Waals surface area contributed by atoms with Crippen LogP contribution in [0.1, 0.15) is 30.1 Å². The van der Waals surface area contributed by atoms with Gasteiger partial charge in [-0.05, 0) is 42.7 Å². The fourth-order valence-electron chi connectivity index (χ4n) is 3.62. The Balaban J connectivity index is 1.65. The number of rotatable bonds is 6. The molecule has 0 saturated carbocycles. The number of hydrogen-bond donors (Lipinski definition) is 2. The van der Waals surface area contributed by atoms with E-state index in [9.17, 15) is 9.50 Å². The predicted molar refractivity (Wildman–Crippen MR) is 106 cm³/mol. The van der Waals surface area contributed by atoms with E-state index in [-0.39, 0.29) is 24.5 Å². The van der Waals surface area contributed by atoms with E-state index in [1.54, 1.807) is 12.3 Å². The molecule has 2 aromatic heterocycles. The summed E-state index contributed by atoms with van der Waals surface area (Å²) < 4.78 is 13.8. The first-order valence-corrected chi connectivity index (χ1v) is 9.37. The molecule has 6 nitrogen and oxygen atoms in total. The third-order valence-corrected chi connectivity index (χ3v) is 4.99. The van der Waals surface area contributed by atoms with Crippen LogP contribution in [0.5, 0.6) is 0 Å². The van der Waals surface area contributed by atoms with Crippen LogP contribution >= 0.6 is 0 Å². The van der Waals surface area contributed by atoms with Crippen LogP contribution in [-0.2, 0) is 0 Å².